The molecule has 0 bridgehead atoms. The zero-order valence-electron chi connectivity index (χ0n) is 13.5. The van der Waals surface area contributed by atoms with Gasteiger partial charge in [-0.1, -0.05) is 19.4 Å². The summed E-state index contributed by atoms with van der Waals surface area (Å²) in [7, 11) is 0. The van der Waals surface area contributed by atoms with Crippen LogP contribution in [0.25, 0.3) is 0 Å². The van der Waals surface area contributed by atoms with Crippen LogP contribution in [0.3, 0.4) is 0 Å². The number of aliphatic carboxylic acids is 1. The van der Waals surface area contributed by atoms with Gasteiger partial charge in [0.25, 0.3) is 0 Å². The molecule has 0 aliphatic heterocycles. The molecule has 1 aromatic rings. The van der Waals surface area contributed by atoms with E-state index < -0.39 is 11.5 Å². The standard InChI is InChI=1S/C17H27NO2S/c1-5-18-17(4,16(19)20)10-6-7-11-21-15-9-8-13(2)14(3)12-15/h8-9,12,18H,5-7,10-11H2,1-4H3,(H,19,20). The first kappa shape index (κ1) is 18.1. The molecule has 1 atom stereocenters. The van der Waals surface area contributed by atoms with E-state index in [9.17, 15) is 9.90 Å². The third-order valence-electron chi connectivity index (χ3n) is 3.86. The Hall–Kier alpha value is -1.00. The monoisotopic (exact) mass is 309 g/mol. The van der Waals surface area contributed by atoms with Gasteiger partial charge < -0.3 is 10.4 Å². The molecule has 0 heterocycles. The average molecular weight is 309 g/mol. The van der Waals surface area contributed by atoms with Crippen LogP contribution in [0.1, 0.15) is 44.2 Å². The second-order valence-corrected chi connectivity index (χ2v) is 6.89. The number of thioether (sulfide) groups is 1. The molecule has 0 spiro atoms. The van der Waals surface area contributed by atoms with Gasteiger partial charge in [-0.15, -0.1) is 11.8 Å². The molecule has 0 radical (unpaired) electrons. The van der Waals surface area contributed by atoms with Crippen LogP contribution in [-0.4, -0.2) is 28.9 Å². The summed E-state index contributed by atoms with van der Waals surface area (Å²) in [5.41, 5.74) is 1.85. The van der Waals surface area contributed by atoms with Crippen LogP contribution in [0, 0.1) is 13.8 Å². The molecule has 4 heteroatoms. The number of benzene rings is 1. The fourth-order valence-electron chi connectivity index (χ4n) is 2.24. The van der Waals surface area contributed by atoms with Crippen molar-refractivity contribution < 1.29 is 9.90 Å². The van der Waals surface area contributed by atoms with E-state index in [0.717, 1.165) is 18.6 Å². The molecule has 1 unspecified atom stereocenters. The van der Waals surface area contributed by atoms with Gasteiger partial charge in [0, 0.05) is 4.90 Å². The van der Waals surface area contributed by atoms with E-state index in [1.54, 1.807) is 6.92 Å². The molecule has 0 saturated heterocycles. The first-order valence-corrected chi connectivity index (χ1v) is 8.56. The van der Waals surface area contributed by atoms with Crippen LogP contribution in [0.15, 0.2) is 23.1 Å². The van der Waals surface area contributed by atoms with Crippen molar-refractivity contribution in [3.05, 3.63) is 29.3 Å². The lowest BCUT2D eigenvalue weighted by molar-refractivity contribution is -0.144. The Morgan fingerprint density at radius 3 is 2.57 bits per heavy atom. The summed E-state index contributed by atoms with van der Waals surface area (Å²) in [5.74, 6) is 0.274. The van der Waals surface area contributed by atoms with Gasteiger partial charge in [-0.2, -0.15) is 0 Å². The highest BCUT2D eigenvalue weighted by atomic mass is 32.2. The second-order valence-electron chi connectivity index (χ2n) is 5.72. The Bertz CT molecular complexity index is 476. The predicted molar refractivity (Wildman–Crippen MR) is 90.2 cm³/mol. The lowest BCUT2D eigenvalue weighted by Crippen LogP contribution is -2.49. The highest BCUT2D eigenvalue weighted by Gasteiger charge is 2.30. The number of aryl methyl sites for hydroxylation is 2. The SMILES string of the molecule is CCNC(C)(CCCCSc1ccc(C)c(C)c1)C(=O)O. The predicted octanol–water partition coefficient (Wildman–Crippen LogP) is 4.02. The molecule has 3 nitrogen and oxygen atoms in total. The second kappa shape index (κ2) is 8.44. The van der Waals surface area contributed by atoms with Crippen LogP contribution in [0.2, 0.25) is 0 Å². The van der Waals surface area contributed by atoms with Crippen LogP contribution in [0.4, 0.5) is 0 Å². The summed E-state index contributed by atoms with van der Waals surface area (Å²) in [4.78, 5) is 12.6. The first-order valence-electron chi connectivity index (χ1n) is 7.57. The highest BCUT2D eigenvalue weighted by molar-refractivity contribution is 7.99. The minimum Gasteiger partial charge on any atom is -0.480 e. The maximum atomic E-state index is 11.3. The van der Waals surface area contributed by atoms with Gasteiger partial charge in [0.15, 0.2) is 0 Å². The molecule has 1 aromatic carbocycles. The van der Waals surface area contributed by atoms with E-state index in [1.165, 1.54) is 16.0 Å². The number of hydrogen-bond acceptors (Lipinski definition) is 3. The third-order valence-corrected chi connectivity index (χ3v) is 4.94. The number of hydrogen-bond donors (Lipinski definition) is 2. The van der Waals surface area contributed by atoms with Crippen molar-refractivity contribution in [2.45, 2.75) is 57.4 Å². The summed E-state index contributed by atoms with van der Waals surface area (Å²) in [6, 6.07) is 6.54. The van der Waals surface area contributed by atoms with E-state index in [1.807, 2.05) is 18.7 Å². The van der Waals surface area contributed by atoms with Crippen molar-refractivity contribution in [1.82, 2.24) is 5.32 Å². The molecule has 0 aliphatic carbocycles. The maximum absolute atomic E-state index is 11.3. The highest BCUT2D eigenvalue weighted by Crippen LogP contribution is 2.23. The van der Waals surface area contributed by atoms with Crippen molar-refractivity contribution in [1.29, 1.82) is 0 Å². The van der Waals surface area contributed by atoms with Crippen molar-refractivity contribution in [2.24, 2.45) is 0 Å². The van der Waals surface area contributed by atoms with Gasteiger partial charge in [-0.3, -0.25) is 4.79 Å². The lowest BCUT2D eigenvalue weighted by Gasteiger charge is -2.25. The molecule has 2 N–H and O–H groups in total. The molecule has 118 valence electrons. The van der Waals surface area contributed by atoms with Crippen LogP contribution in [0.5, 0.6) is 0 Å². The van der Waals surface area contributed by atoms with Gasteiger partial charge in [0.2, 0.25) is 0 Å². The Labute approximate surface area is 132 Å². The first-order chi connectivity index (χ1) is 9.89. The number of unbranched alkanes of at least 4 members (excludes halogenated alkanes) is 1. The number of rotatable bonds is 9. The van der Waals surface area contributed by atoms with Crippen molar-refractivity contribution in [2.75, 3.05) is 12.3 Å². The zero-order valence-corrected chi connectivity index (χ0v) is 14.3. The molecular weight excluding hydrogens is 282 g/mol. The van der Waals surface area contributed by atoms with E-state index in [-0.39, 0.29) is 0 Å². The fraction of sp³-hybridized carbons (Fsp3) is 0.588. The van der Waals surface area contributed by atoms with E-state index in [4.69, 9.17) is 0 Å². The molecule has 0 fully saturated rings. The molecule has 0 aliphatic rings. The molecule has 0 saturated carbocycles. The zero-order chi connectivity index (χ0) is 15.9. The minimum absolute atomic E-state index is 0.670. The van der Waals surface area contributed by atoms with Crippen molar-refractivity contribution >= 4 is 17.7 Å². The maximum Gasteiger partial charge on any atom is 0.323 e. The molecular formula is C17H27NO2S. The summed E-state index contributed by atoms with van der Waals surface area (Å²) >= 11 is 1.85. The van der Waals surface area contributed by atoms with Gasteiger partial charge in [0.1, 0.15) is 5.54 Å². The van der Waals surface area contributed by atoms with Crippen molar-refractivity contribution in [3.8, 4) is 0 Å². The van der Waals surface area contributed by atoms with Crippen LogP contribution in [-0.2, 0) is 4.79 Å². The summed E-state index contributed by atoms with van der Waals surface area (Å²) in [6.45, 7) is 8.65. The number of carboxylic acid groups (broad SMARTS) is 1. The van der Waals surface area contributed by atoms with E-state index in [2.05, 4.69) is 37.4 Å². The van der Waals surface area contributed by atoms with Gasteiger partial charge in [-0.25, -0.2) is 0 Å². The normalized spacial score (nSPS) is 13.9. The Morgan fingerprint density at radius 2 is 2.00 bits per heavy atom. The number of carboxylic acids is 1. The Morgan fingerprint density at radius 1 is 1.29 bits per heavy atom. The average Bonchev–Trinajstić information content (AvgIpc) is 2.42. The van der Waals surface area contributed by atoms with Gasteiger partial charge in [-0.05, 0) is 69.2 Å². The van der Waals surface area contributed by atoms with Crippen molar-refractivity contribution in [3.63, 3.8) is 0 Å². The Kier molecular flexibility index (Phi) is 7.26. The lowest BCUT2D eigenvalue weighted by atomic mass is 9.95. The van der Waals surface area contributed by atoms with Gasteiger partial charge in [0.05, 0.1) is 0 Å². The van der Waals surface area contributed by atoms with Crippen LogP contribution < -0.4 is 5.32 Å². The summed E-state index contributed by atoms with van der Waals surface area (Å²) in [5, 5.41) is 12.4. The molecule has 21 heavy (non-hydrogen) atoms. The Balaban J connectivity index is 2.33. The smallest absolute Gasteiger partial charge is 0.323 e. The number of carbonyl (C=O) groups is 1. The van der Waals surface area contributed by atoms with Crippen LogP contribution >= 0.6 is 11.8 Å². The molecule has 0 aromatic heterocycles. The quantitative estimate of drug-likeness (QED) is 0.534. The number of likely N-dealkylation sites (N-methyl/N-ethyl adjacent to an activating group) is 1. The number of nitrogens with one attached hydrogen (secondary N) is 1. The molecule has 1 rings (SSSR count). The van der Waals surface area contributed by atoms with Gasteiger partial charge >= 0.3 is 5.97 Å². The van der Waals surface area contributed by atoms with E-state index in [0.29, 0.717) is 13.0 Å². The summed E-state index contributed by atoms with van der Waals surface area (Å²) < 4.78 is 0. The topological polar surface area (TPSA) is 49.3 Å². The van der Waals surface area contributed by atoms with E-state index >= 15 is 0 Å². The molecule has 0 amide bonds. The largest absolute Gasteiger partial charge is 0.480 e. The summed E-state index contributed by atoms with van der Waals surface area (Å²) in [6.07, 6.45) is 2.63. The fourth-order valence-corrected chi connectivity index (χ4v) is 3.24. The minimum atomic E-state index is -0.792. The third kappa shape index (κ3) is 5.71.